The van der Waals surface area contributed by atoms with Gasteiger partial charge in [-0.1, -0.05) is 56.3 Å². The summed E-state index contributed by atoms with van der Waals surface area (Å²) in [4.78, 5) is 0. The van der Waals surface area contributed by atoms with Crippen molar-refractivity contribution in [3.8, 4) is 11.1 Å². The van der Waals surface area contributed by atoms with Crippen LogP contribution in [-0.4, -0.2) is 0 Å². The highest BCUT2D eigenvalue weighted by molar-refractivity contribution is 5.76. The summed E-state index contributed by atoms with van der Waals surface area (Å²) in [6.45, 7) is 4.51. The Morgan fingerprint density at radius 1 is 0.950 bits per heavy atom. The molecule has 0 fully saturated rings. The number of benzene rings is 2. The van der Waals surface area contributed by atoms with Crippen LogP contribution in [0.1, 0.15) is 49.4 Å². The van der Waals surface area contributed by atoms with Gasteiger partial charge in [-0.15, -0.1) is 0 Å². The smallest absolute Gasteiger partial charge is 0.0295 e. The SMILES string of the molecule is CC(C)CC[C@H](N)c1ccc2c(c1)Cc1ccccc1-2. The van der Waals surface area contributed by atoms with Crippen LogP contribution in [-0.2, 0) is 6.42 Å². The van der Waals surface area contributed by atoms with E-state index in [2.05, 4.69) is 56.3 Å². The van der Waals surface area contributed by atoms with E-state index in [1.165, 1.54) is 34.2 Å². The van der Waals surface area contributed by atoms with Gasteiger partial charge in [0.25, 0.3) is 0 Å². The molecule has 0 heterocycles. The van der Waals surface area contributed by atoms with Crippen LogP contribution in [0.25, 0.3) is 11.1 Å². The molecule has 1 nitrogen and oxygen atoms in total. The topological polar surface area (TPSA) is 26.0 Å². The third kappa shape index (κ3) is 2.51. The second-order valence-electron chi connectivity index (χ2n) is 6.33. The Kier molecular flexibility index (Phi) is 3.62. The molecule has 1 atom stereocenters. The average Bonchev–Trinajstić information content (AvgIpc) is 2.82. The summed E-state index contributed by atoms with van der Waals surface area (Å²) in [5.74, 6) is 0.722. The zero-order valence-electron chi connectivity index (χ0n) is 12.4. The molecule has 2 N–H and O–H groups in total. The Bertz CT molecular complexity index is 613. The van der Waals surface area contributed by atoms with Gasteiger partial charge >= 0.3 is 0 Å². The molecule has 0 saturated heterocycles. The number of hydrogen-bond donors (Lipinski definition) is 1. The maximum Gasteiger partial charge on any atom is 0.0295 e. The van der Waals surface area contributed by atoms with E-state index in [1.807, 2.05) is 0 Å². The minimum atomic E-state index is 0.173. The molecule has 20 heavy (non-hydrogen) atoms. The van der Waals surface area contributed by atoms with E-state index in [0.717, 1.165) is 18.8 Å². The maximum absolute atomic E-state index is 6.34. The summed E-state index contributed by atoms with van der Waals surface area (Å²) in [5, 5.41) is 0. The van der Waals surface area contributed by atoms with E-state index in [4.69, 9.17) is 5.73 Å². The van der Waals surface area contributed by atoms with E-state index < -0.39 is 0 Å². The van der Waals surface area contributed by atoms with Crippen LogP contribution in [0.5, 0.6) is 0 Å². The van der Waals surface area contributed by atoms with Crippen molar-refractivity contribution in [2.45, 2.75) is 39.2 Å². The molecule has 2 aromatic carbocycles. The summed E-state index contributed by atoms with van der Waals surface area (Å²) in [6.07, 6.45) is 3.32. The normalized spacial score (nSPS) is 14.2. The van der Waals surface area contributed by atoms with Crippen molar-refractivity contribution in [3.05, 3.63) is 59.2 Å². The summed E-state index contributed by atoms with van der Waals surface area (Å²) in [7, 11) is 0. The highest BCUT2D eigenvalue weighted by atomic mass is 14.6. The third-order valence-electron chi connectivity index (χ3n) is 4.30. The fourth-order valence-corrected chi connectivity index (χ4v) is 3.08. The quantitative estimate of drug-likeness (QED) is 0.727. The fourth-order valence-electron chi connectivity index (χ4n) is 3.08. The van der Waals surface area contributed by atoms with Crippen LogP contribution >= 0.6 is 0 Å². The second kappa shape index (κ2) is 5.41. The zero-order chi connectivity index (χ0) is 14.1. The first-order valence-corrected chi connectivity index (χ1v) is 7.62. The Morgan fingerprint density at radius 3 is 2.50 bits per heavy atom. The van der Waals surface area contributed by atoms with Gasteiger partial charge in [-0.05, 0) is 53.0 Å². The van der Waals surface area contributed by atoms with Crippen molar-refractivity contribution in [2.24, 2.45) is 11.7 Å². The first-order chi connectivity index (χ1) is 9.65. The van der Waals surface area contributed by atoms with Gasteiger partial charge in [0.15, 0.2) is 0 Å². The van der Waals surface area contributed by atoms with Crippen LogP contribution in [0.2, 0.25) is 0 Å². The molecule has 0 bridgehead atoms. The highest BCUT2D eigenvalue weighted by Crippen LogP contribution is 2.37. The summed E-state index contributed by atoms with van der Waals surface area (Å²) >= 11 is 0. The predicted molar refractivity (Wildman–Crippen MR) is 85.7 cm³/mol. The molecule has 0 spiro atoms. The maximum atomic E-state index is 6.34. The molecule has 1 heteroatoms. The van der Waals surface area contributed by atoms with Crippen molar-refractivity contribution in [1.29, 1.82) is 0 Å². The Labute approximate surface area is 121 Å². The van der Waals surface area contributed by atoms with Gasteiger partial charge in [0.1, 0.15) is 0 Å². The first-order valence-electron chi connectivity index (χ1n) is 7.62. The molecular formula is C19H23N. The second-order valence-corrected chi connectivity index (χ2v) is 6.33. The molecule has 0 radical (unpaired) electrons. The van der Waals surface area contributed by atoms with Crippen molar-refractivity contribution >= 4 is 0 Å². The lowest BCUT2D eigenvalue weighted by molar-refractivity contribution is 0.507. The molecule has 0 unspecified atom stereocenters. The Morgan fingerprint density at radius 2 is 1.70 bits per heavy atom. The third-order valence-corrected chi connectivity index (χ3v) is 4.30. The molecular weight excluding hydrogens is 242 g/mol. The fraction of sp³-hybridized carbons (Fsp3) is 0.368. The zero-order valence-corrected chi connectivity index (χ0v) is 12.4. The van der Waals surface area contributed by atoms with Crippen molar-refractivity contribution in [1.82, 2.24) is 0 Å². The van der Waals surface area contributed by atoms with Crippen LogP contribution in [0, 0.1) is 5.92 Å². The van der Waals surface area contributed by atoms with Gasteiger partial charge in [0, 0.05) is 6.04 Å². The standard InChI is InChI=1S/C19H23N/c1-13(2)7-10-19(20)15-8-9-18-16(12-15)11-14-5-3-4-6-17(14)18/h3-6,8-9,12-13,19H,7,10-11,20H2,1-2H3/t19-/m0/s1. The summed E-state index contributed by atoms with van der Waals surface area (Å²) < 4.78 is 0. The first kappa shape index (κ1) is 13.4. The number of nitrogens with two attached hydrogens (primary N) is 1. The molecule has 2 aromatic rings. The van der Waals surface area contributed by atoms with Crippen LogP contribution in [0.15, 0.2) is 42.5 Å². The van der Waals surface area contributed by atoms with E-state index >= 15 is 0 Å². The molecule has 0 aromatic heterocycles. The highest BCUT2D eigenvalue weighted by Gasteiger charge is 2.19. The minimum absolute atomic E-state index is 0.173. The van der Waals surface area contributed by atoms with E-state index in [1.54, 1.807) is 0 Å². The number of rotatable bonds is 4. The molecule has 104 valence electrons. The van der Waals surface area contributed by atoms with Crippen LogP contribution < -0.4 is 5.73 Å². The average molecular weight is 265 g/mol. The largest absolute Gasteiger partial charge is 0.324 e. The molecule has 1 aliphatic carbocycles. The van der Waals surface area contributed by atoms with Crippen LogP contribution in [0.3, 0.4) is 0 Å². The van der Waals surface area contributed by atoms with E-state index in [9.17, 15) is 0 Å². The lowest BCUT2D eigenvalue weighted by Crippen LogP contribution is -2.11. The number of hydrogen-bond acceptors (Lipinski definition) is 1. The minimum Gasteiger partial charge on any atom is -0.324 e. The van der Waals surface area contributed by atoms with Crippen molar-refractivity contribution in [3.63, 3.8) is 0 Å². The van der Waals surface area contributed by atoms with Gasteiger partial charge in [-0.2, -0.15) is 0 Å². The monoisotopic (exact) mass is 265 g/mol. The van der Waals surface area contributed by atoms with Gasteiger partial charge < -0.3 is 5.73 Å². The van der Waals surface area contributed by atoms with E-state index in [-0.39, 0.29) is 6.04 Å². The van der Waals surface area contributed by atoms with E-state index in [0.29, 0.717) is 0 Å². The molecule has 1 aliphatic rings. The predicted octanol–water partition coefficient (Wildman–Crippen LogP) is 4.69. The van der Waals surface area contributed by atoms with Gasteiger partial charge in [-0.25, -0.2) is 0 Å². The lowest BCUT2D eigenvalue weighted by Gasteiger charge is -2.15. The van der Waals surface area contributed by atoms with Crippen molar-refractivity contribution < 1.29 is 0 Å². The lowest BCUT2D eigenvalue weighted by atomic mass is 9.95. The van der Waals surface area contributed by atoms with Gasteiger partial charge in [-0.3, -0.25) is 0 Å². The van der Waals surface area contributed by atoms with Crippen molar-refractivity contribution in [2.75, 3.05) is 0 Å². The van der Waals surface area contributed by atoms with Gasteiger partial charge in [0.2, 0.25) is 0 Å². The molecule has 0 aliphatic heterocycles. The molecule has 0 saturated carbocycles. The number of fused-ring (bicyclic) bond motifs is 3. The Balaban J connectivity index is 1.83. The molecule has 3 rings (SSSR count). The Hall–Kier alpha value is -1.60. The molecule has 0 amide bonds. The van der Waals surface area contributed by atoms with Gasteiger partial charge in [0.05, 0.1) is 0 Å². The van der Waals surface area contributed by atoms with Crippen LogP contribution in [0.4, 0.5) is 0 Å². The summed E-state index contributed by atoms with van der Waals surface area (Å²) in [5.41, 5.74) is 13.3. The summed E-state index contributed by atoms with van der Waals surface area (Å²) in [6, 6.07) is 15.7.